The average molecular weight is 321 g/mol. The summed E-state index contributed by atoms with van der Waals surface area (Å²) >= 11 is 3.43. The summed E-state index contributed by atoms with van der Waals surface area (Å²) in [5, 5.41) is 3.30. The molecule has 100 valence electrons. The second-order valence-corrected chi connectivity index (χ2v) is 5.12. The topological polar surface area (TPSA) is 63.8 Å². The van der Waals surface area contributed by atoms with Gasteiger partial charge in [0, 0.05) is 23.6 Å². The second-order valence-electron chi connectivity index (χ2n) is 4.20. The Labute approximate surface area is 121 Å². The maximum absolute atomic E-state index is 5.49. The van der Waals surface area contributed by atoms with Gasteiger partial charge in [-0.05, 0) is 36.7 Å². The van der Waals surface area contributed by atoms with Crippen LogP contribution in [0.25, 0.3) is 0 Å². The maximum atomic E-state index is 5.49. The third kappa shape index (κ3) is 4.61. The predicted octanol–water partition coefficient (Wildman–Crippen LogP) is 2.39. The van der Waals surface area contributed by atoms with Crippen LogP contribution in [0.2, 0.25) is 0 Å². The zero-order valence-electron chi connectivity index (χ0n) is 10.6. The molecule has 0 saturated carbocycles. The van der Waals surface area contributed by atoms with Gasteiger partial charge in [-0.2, -0.15) is 0 Å². The van der Waals surface area contributed by atoms with Crippen molar-refractivity contribution in [1.29, 1.82) is 0 Å². The summed E-state index contributed by atoms with van der Waals surface area (Å²) in [6.45, 7) is 1.42. The van der Waals surface area contributed by atoms with Gasteiger partial charge in [0.1, 0.15) is 11.6 Å². The summed E-state index contributed by atoms with van der Waals surface area (Å²) in [5.41, 5.74) is 6.79. The molecule has 2 rings (SSSR count). The zero-order chi connectivity index (χ0) is 13.5. The molecule has 19 heavy (non-hydrogen) atoms. The van der Waals surface area contributed by atoms with E-state index in [1.54, 1.807) is 6.20 Å². The number of benzene rings is 1. The van der Waals surface area contributed by atoms with Gasteiger partial charge >= 0.3 is 0 Å². The van der Waals surface area contributed by atoms with Crippen molar-refractivity contribution in [3.8, 4) is 0 Å². The van der Waals surface area contributed by atoms with Gasteiger partial charge in [0.2, 0.25) is 0 Å². The number of rotatable bonds is 6. The summed E-state index contributed by atoms with van der Waals surface area (Å²) in [6, 6.07) is 10.2. The summed E-state index contributed by atoms with van der Waals surface area (Å²) in [5.74, 6) is 1.65. The molecule has 0 amide bonds. The van der Waals surface area contributed by atoms with Crippen LogP contribution in [-0.2, 0) is 12.8 Å². The highest BCUT2D eigenvalue weighted by atomic mass is 79.9. The van der Waals surface area contributed by atoms with Crippen LogP contribution in [-0.4, -0.2) is 23.1 Å². The monoisotopic (exact) mass is 320 g/mol. The van der Waals surface area contributed by atoms with Crippen molar-refractivity contribution < 1.29 is 0 Å². The van der Waals surface area contributed by atoms with E-state index in [9.17, 15) is 0 Å². The van der Waals surface area contributed by atoms with Crippen LogP contribution in [0, 0.1) is 0 Å². The van der Waals surface area contributed by atoms with Crippen molar-refractivity contribution in [3.05, 3.63) is 52.4 Å². The van der Waals surface area contributed by atoms with Crippen molar-refractivity contribution in [3.63, 3.8) is 0 Å². The molecular formula is C14H17BrN4. The van der Waals surface area contributed by atoms with Crippen LogP contribution in [0.1, 0.15) is 11.4 Å². The molecule has 5 heteroatoms. The lowest BCUT2D eigenvalue weighted by atomic mass is 10.1. The van der Waals surface area contributed by atoms with Crippen LogP contribution in [0.5, 0.6) is 0 Å². The third-order valence-corrected chi connectivity index (χ3v) is 3.24. The highest BCUT2D eigenvalue weighted by molar-refractivity contribution is 9.10. The molecule has 0 atom stereocenters. The van der Waals surface area contributed by atoms with Crippen molar-refractivity contribution in [2.45, 2.75) is 12.8 Å². The molecule has 1 aromatic carbocycles. The van der Waals surface area contributed by atoms with Gasteiger partial charge in [-0.25, -0.2) is 9.97 Å². The minimum atomic E-state index is 0.572. The number of hydrogen-bond acceptors (Lipinski definition) is 4. The molecule has 0 aliphatic rings. The van der Waals surface area contributed by atoms with Gasteiger partial charge < -0.3 is 11.1 Å². The molecule has 0 aliphatic heterocycles. The van der Waals surface area contributed by atoms with Crippen molar-refractivity contribution in [1.82, 2.24) is 9.97 Å². The maximum Gasteiger partial charge on any atom is 0.131 e. The Bertz CT molecular complexity index is 513. The van der Waals surface area contributed by atoms with E-state index in [0.29, 0.717) is 13.0 Å². The third-order valence-electron chi connectivity index (χ3n) is 2.71. The Kier molecular flexibility index (Phi) is 5.30. The molecule has 0 saturated heterocycles. The molecule has 0 bridgehead atoms. The van der Waals surface area contributed by atoms with Gasteiger partial charge in [0.25, 0.3) is 0 Å². The lowest BCUT2D eigenvalue weighted by Crippen LogP contribution is -2.10. The number of hydrogen-bond donors (Lipinski definition) is 2. The zero-order valence-corrected chi connectivity index (χ0v) is 12.2. The number of nitrogens with one attached hydrogen (secondary N) is 1. The van der Waals surface area contributed by atoms with Crippen LogP contribution in [0.15, 0.2) is 41.0 Å². The van der Waals surface area contributed by atoms with Crippen molar-refractivity contribution in [2.75, 3.05) is 18.4 Å². The Morgan fingerprint density at radius 3 is 2.63 bits per heavy atom. The first kappa shape index (κ1) is 14.0. The second kappa shape index (κ2) is 7.21. The number of anilines is 1. The number of nitrogens with zero attached hydrogens (tertiary/aromatic N) is 2. The molecule has 0 aliphatic carbocycles. The standard InChI is InChI=1S/C14H17BrN4/c15-12-3-1-11(2-4-12)6-9-17-14-7-10-18-13(19-14)5-8-16/h1-4,7,10H,5-6,8-9,16H2,(H,17,18,19). The largest absolute Gasteiger partial charge is 0.370 e. The van der Waals surface area contributed by atoms with Crippen LogP contribution < -0.4 is 11.1 Å². The SMILES string of the molecule is NCCc1nccc(NCCc2ccc(Br)cc2)n1. The van der Waals surface area contributed by atoms with Gasteiger partial charge in [-0.15, -0.1) is 0 Å². The lowest BCUT2D eigenvalue weighted by Gasteiger charge is -2.07. The highest BCUT2D eigenvalue weighted by Crippen LogP contribution is 2.11. The van der Waals surface area contributed by atoms with E-state index in [1.807, 2.05) is 6.07 Å². The highest BCUT2D eigenvalue weighted by Gasteiger charge is 1.98. The van der Waals surface area contributed by atoms with Crippen LogP contribution in [0.3, 0.4) is 0 Å². The fourth-order valence-corrected chi connectivity index (χ4v) is 2.00. The number of aromatic nitrogens is 2. The Morgan fingerprint density at radius 1 is 1.11 bits per heavy atom. The molecule has 1 aromatic heterocycles. The summed E-state index contributed by atoms with van der Waals surface area (Å²) in [7, 11) is 0. The minimum Gasteiger partial charge on any atom is -0.370 e. The van der Waals surface area contributed by atoms with E-state index in [2.05, 4.69) is 55.5 Å². The fourth-order valence-electron chi connectivity index (χ4n) is 1.73. The van der Waals surface area contributed by atoms with Gasteiger partial charge in [0.05, 0.1) is 0 Å². The first-order chi connectivity index (χ1) is 9.28. The normalized spacial score (nSPS) is 10.4. The van der Waals surface area contributed by atoms with E-state index >= 15 is 0 Å². The fraction of sp³-hybridized carbons (Fsp3) is 0.286. The number of nitrogens with two attached hydrogens (primary N) is 1. The van der Waals surface area contributed by atoms with E-state index in [1.165, 1.54) is 5.56 Å². The first-order valence-electron chi connectivity index (χ1n) is 6.28. The molecule has 0 spiro atoms. The van der Waals surface area contributed by atoms with Crippen molar-refractivity contribution in [2.24, 2.45) is 5.73 Å². The molecule has 0 unspecified atom stereocenters. The summed E-state index contributed by atoms with van der Waals surface area (Å²) in [6.07, 6.45) is 3.44. The summed E-state index contributed by atoms with van der Waals surface area (Å²) in [4.78, 5) is 8.57. The smallest absolute Gasteiger partial charge is 0.131 e. The van der Waals surface area contributed by atoms with E-state index in [-0.39, 0.29) is 0 Å². The van der Waals surface area contributed by atoms with Crippen LogP contribution >= 0.6 is 15.9 Å². The van der Waals surface area contributed by atoms with Gasteiger partial charge in [-0.1, -0.05) is 28.1 Å². The predicted molar refractivity (Wildman–Crippen MR) is 81.1 cm³/mol. The Balaban J connectivity index is 1.85. The number of halogens is 1. The molecular weight excluding hydrogens is 304 g/mol. The molecule has 0 radical (unpaired) electrons. The molecule has 1 heterocycles. The van der Waals surface area contributed by atoms with E-state index < -0.39 is 0 Å². The van der Waals surface area contributed by atoms with Crippen LogP contribution in [0.4, 0.5) is 5.82 Å². The van der Waals surface area contributed by atoms with E-state index in [0.717, 1.165) is 29.1 Å². The Hall–Kier alpha value is -1.46. The summed E-state index contributed by atoms with van der Waals surface area (Å²) < 4.78 is 1.10. The Morgan fingerprint density at radius 2 is 1.89 bits per heavy atom. The molecule has 2 aromatic rings. The lowest BCUT2D eigenvalue weighted by molar-refractivity contribution is 0.864. The molecule has 4 nitrogen and oxygen atoms in total. The van der Waals surface area contributed by atoms with Gasteiger partial charge in [0.15, 0.2) is 0 Å². The minimum absolute atomic E-state index is 0.572. The van der Waals surface area contributed by atoms with E-state index in [4.69, 9.17) is 5.73 Å². The molecule has 3 N–H and O–H groups in total. The van der Waals surface area contributed by atoms with Crippen molar-refractivity contribution >= 4 is 21.7 Å². The van der Waals surface area contributed by atoms with Gasteiger partial charge in [-0.3, -0.25) is 0 Å². The first-order valence-corrected chi connectivity index (χ1v) is 7.07. The quantitative estimate of drug-likeness (QED) is 0.857. The average Bonchev–Trinajstić information content (AvgIpc) is 2.42. The molecule has 0 fully saturated rings.